The second kappa shape index (κ2) is 11.9. The third kappa shape index (κ3) is 6.06. The van der Waals surface area contributed by atoms with Crippen LogP contribution in [0.2, 0.25) is 0 Å². The molecule has 0 bridgehead atoms. The maximum Gasteiger partial charge on any atom is 0.144 e. The van der Waals surface area contributed by atoms with E-state index in [4.69, 9.17) is 0 Å². The molecule has 0 rings (SSSR count). The molecule has 0 heterocycles. The Morgan fingerprint density at radius 2 is 1.59 bits per heavy atom. The van der Waals surface area contributed by atoms with Gasteiger partial charge in [-0.15, -0.1) is 0 Å². The third-order valence-corrected chi connectivity index (χ3v) is 2.50. The van der Waals surface area contributed by atoms with Crippen molar-refractivity contribution < 1.29 is 0 Å². The number of nitrogens with zero attached hydrogens (tertiary/aromatic N) is 2. The monoisotopic (exact) mass is 292 g/mol. The quantitative estimate of drug-likeness (QED) is 0.312. The van der Waals surface area contributed by atoms with Gasteiger partial charge in [0.2, 0.25) is 0 Å². The van der Waals surface area contributed by atoms with Crippen molar-refractivity contribution in [3.05, 3.63) is 111 Å². The number of hydrogen-bond acceptors (Lipinski definition) is 1. The molecule has 0 saturated heterocycles. The summed E-state index contributed by atoms with van der Waals surface area (Å²) in [4.78, 5) is 6.22. The van der Waals surface area contributed by atoms with E-state index in [-0.39, 0.29) is 0 Å². The average Bonchev–Trinajstić information content (AvgIpc) is 2.52. The summed E-state index contributed by atoms with van der Waals surface area (Å²) in [5.74, 6) is 0.685. The zero-order valence-electron chi connectivity index (χ0n) is 13.3. The summed E-state index contributed by atoms with van der Waals surface area (Å²) >= 11 is 0. The molecule has 0 N–H and O–H groups in total. The van der Waals surface area contributed by atoms with Crippen molar-refractivity contribution in [3.8, 4) is 0 Å². The number of aliphatic imine (C=N–C) groups is 1. The molecule has 0 amide bonds. The van der Waals surface area contributed by atoms with E-state index in [1.807, 2.05) is 48.3 Å². The Kier molecular flexibility index (Phi) is 10.4. The fourth-order valence-electron chi connectivity index (χ4n) is 1.69. The predicted molar refractivity (Wildman–Crippen MR) is 100 cm³/mol. The van der Waals surface area contributed by atoms with Crippen LogP contribution in [0.3, 0.4) is 0 Å². The molecule has 2 heteroatoms. The van der Waals surface area contributed by atoms with E-state index in [1.165, 1.54) is 6.20 Å². The van der Waals surface area contributed by atoms with Crippen LogP contribution in [0, 0.1) is 0 Å². The molecule has 0 radical (unpaired) electrons. The molecule has 22 heavy (non-hydrogen) atoms. The fourth-order valence-corrected chi connectivity index (χ4v) is 1.69. The van der Waals surface area contributed by atoms with Gasteiger partial charge in [-0.05, 0) is 19.1 Å². The predicted octanol–water partition coefficient (Wildman–Crippen LogP) is 5.47. The standard InChI is InChI=1S/C20H24N2/c1-7-13-17-19(16-10-4)22(12-6)20(21-11-5)18(14-8-2)15-9-3/h7-17H,1-2,4-6H2,3H3/b15-9-,17-13-,18-14+,19-16+,21-20?. The zero-order chi connectivity index (χ0) is 16.8. The first-order chi connectivity index (χ1) is 10.7. The van der Waals surface area contributed by atoms with Gasteiger partial charge < -0.3 is 4.90 Å². The maximum atomic E-state index is 4.38. The molecule has 0 aromatic heterocycles. The van der Waals surface area contributed by atoms with E-state index < -0.39 is 0 Å². The molecular weight excluding hydrogens is 268 g/mol. The molecule has 0 aromatic carbocycles. The van der Waals surface area contributed by atoms with Crippen molar-refractivity contribution in [3.63, 3.8) is 0 Å². The van der Waals surface area contributed by atoms with Crippen molar-refractivity contribution in [2.24, 2.45) is 4.99 Å². The molecule has 2 nitrogen and oxygen atoms in total. The Labute approximate surface area is 134 Å². The van der Waals surface area contributed by atoms with Gasteiger partial charge in [-0.3, -0.25) is 0 Å². The average molecular weight is 292 g/mol. The van der Waals surface area contributed by atoms with E-state index in [2.05, 4.69) is 37.9 Å². The number of hydrogen-bond donors (Lipinski definition) is 0. The topological polar surface area (TPSA) is 15.6 Å². The molecule has 0 atom stereocenters. The molecule has 0 aliphatic heterocycles. The molecular formula is C20H24N2. The molecule has 114 valence electrons. The summed E-state index contributed by atoms with van der Waals surface area (Å²) in [5, 5.41) is 0. The normalized spacial score (nSPS) is 13.2. The Balaban J connectivity index is 6.12. The van der Waals surface area contributed by atoms with Crippen LogP contribution in [-0.4, -0.2) is 10.7 Å². The summed E-state index contributed by atoms with van der Waals surface area (Å²) in [6.07, 6.45) is 19.7. The molecule has 0 spiro atoms. The first-order valence-electron chi connectivity index (χ1n) is 6.88. The number of rotatable bonds is 9. The highest BCUT2D eigenvalue weighted by molar-refractivity contribution is 6.03. The van der Waals surface area contributed by atoms with Gasteiger partial charge in [0.15, 0.2) is 0 Å². The summed E-state index contributed by atoms with van der Waals surface area (Å²) in [6, 6.07) is 0. The lowest BCUT2D eigenvalue weighted by atomic mass is 10.1. The second-order valence-corrected chi connectivity index (χ2v) is 3.97. The minimum Gasteiger partial charge on any atom is -0.302 e. The molecule has 0 aliphatic rings. The smallest absolute Gasteiger partial charge is 0.144 e. The first-order valence-corrected chi connectivity index (χ1v) is 6.88. The lowest BCUT2D eigenvalue weighted by Gasteiger charge is -2.23. The van der Waals surface area contributed by atoms with Crippen LogP contribution in [0.5, 0.6) is 0 Å². The molecule has 0 saturated carbocycles. The van der Waals surface area contributed by atoms with Gasteiger partial charge in [-0.25, -0.2) is 4.99 Å². The maximum absolute atomic E-state index is 4.38. The van der Waals surface area contributed by atoms with Crippen molar-refractivity contribution in [2.75, 3.05) is 0 Å². The Morgan fingerprint density at radius 3 is 2.05 bits per heavy atom. The molecule has 0 fully saturated rings. The molecule has 0 aliphatic carbocycles. The van der Waals surface area contributed by atoms with Crippen LogP contribution in [0.1, 0.15) is 6.92 Å². The lowest BCUT2D eigenvalue weighted by Crippen LogP contribution is -2.25. The molecule has 0 aromatic rings. The van der Waals surface area contributed by atoms with Gasteiger partial charge in [-0.1, -0.05) is 75.4 Å². The summed E-state index contributed by atoms with van der Waals surface area (Å²) < 4.78 is 0. The van der Waals surface area contributed by atoms with Crippen molar-refractivity contribution in [1.82, 2.24) is 4.90 Å². The summed E-state index contributed by atoms with van der Waals surface area (Å²) in [5.41, 5.74) is 1.74. The Hall–Kier alpha value is -2.87. The van der Waals surface area contributed by atoms with Crippen LogP contribution in [0.25, 0.3) is 0 Å². The number of amidine groups is 1. The van der Waals surface area contributed by atoms with Gasteiger partial charge in [0, 0.05) is 23.7 Å². The van der Waals surface area contributed by atoms with Crippen LogP contribution in [0.15, 0.2) is 116 Å². The Bertz CT molecular complexity index is 567. The van der Waals surface area contributed by atoms with Crippen molar-refractivity contribution in [1.29, 1.82) is 0 Å². The van der Waals surface area contributed by atoms with Crippen LogP contribution < -0.4 is 0 Å². The fraction of sp³-hybridized carbons (Fsp3) is 0.0500. The zero-order valence-corrected chi connectivity index (χ0v) is 13.3. The van der Waals surface area contributed by atoms with Crippen LogP contribution in [-0.2, 0) is 0 Å². The summed E-state index contributed by atoms with van der Waals surface area (Å²) in [7, 11) is 0. The number of allylic oxidation sites excluding steroid dienone is 8. The van der Waals surface area contributed by atoms with Gasteiger partial charge in [0.25, 0.3) is 0 Å². The third-order valence-electron chi connectivity index (χ3n) is 2.50. The van der Waals surface area contributed by atoms with E-state index in [9.17, 15) is 0 Å². The van der Waals surface area contributed by atoms with Crippen molar-refractivity contribution >= 4 is 5.84 Å². The van der Waals surface area contributed by atoms with E-state index in [0.29, 0.717) is 5.84 Å². The minimum absolute atomic E-state index is 0.685. The first kappa shape index (κ1) is 19.1. The summed E-state index contributed by atoms with van der Waals surface area (Å²) in [6.45, 7) is 20.7. The van der Waals surface area contributed by atoms with E-state index >= 15 is 0 Å². The SMILES string of the molecule is C=C/C=C\C(=C/C=C)N(C=C)C(=NC=C)C(/C=C\C)=C/C=C. The largest absolute Gasteiger partial charge is 0.302 e. The Morgan fingerprint density at radius 1 is 0.909 bits per heavy atom. The highest BCUT2D eigenvalue weighted by atomic mass is 15.2. The second-order valence-electron chi connectivity index (χ2n) is 3.97. The van der Waals surface area contributed by atoms with Gasteiger partial charge >= 0.3 is 0 Å². The van der Waals surface area contributed by atoms with Gasteiger partial charge in [-0.2, -0.15) is 0 Å². The lowest BCUT2D eigenvalue weighted by molar-refractivity contribution is 0.716. The minimum atomic E-state index is 0.685. The van der Waals surface area contributed by atoms with Crippen LogP contribution >= 0.6 is 0 Å². The van der Waals surface area contributed by atoms with Crippen LogP contribution in [0.4, 0.5) is 0 Å². The highest BCUT2D eigenvalue weighted by Crippen LogP contribution is 2.16. The highest BCUT2D eigenvalue weighted by Gasteiger charge is 2.13. The van der Waals surface area contributed by atoms with Gasteiger partial charge in [0.1, 0.15) is 5.84 Å². The van der Waals surface area contributed by atoms with Crippen molar-refractivity contribution in [2.45, 2.75) is 6.92 Å². The molecule has 0 unspecified atom stereocenters. The van der Waals surface area contributed by atoms with E-state index in [0.717, 1.165) is 11.3 Å². The van der Waals surface area contributed by atoms with E-state index in [1.54, 1.807) is 24.4 Å². The van der Waals surface area contributed by atoms with Gasteiger partial charge in [0.05, 0.1) is 0 Å².